The Hall–Kier alpha value is -1.72. The van der Waals surface area contributed by atoms with Crippen LogP contribution in [0.5, 0.6) is 0 Å². The zero-order valence-corrected chi connectivity index (χ0v) is 13.2. The molecule has 0 heterocycles. The Labute approximate surface area is 131 Å². The van der Waals surface area contributed by atoms with Crippen molar-refractivity contribution < 1.29 is 9.18 Å². The Morgan fingerprint density at radius 1 is 1.19 bits per heavy atom. The SMILES string of the molecule is C[C@H](NCC(=O)Nc1ccccc1F)c1ccccc1Br. The van der Waals surface area contributed by atoms with Crippen LogP contribution in [0.4, 0.5) is 10.1 Å². The van der Waals surface area contributed by atoms with Gasteiger partial charge < -0.3 is 10.6 Å². The monoisotopic (exact) mass is 350 g/mol. The van der Waals surface area contributed by atoms with Crippen LogP contribution in [0, 0.1) is 5.82 Å². The molecule has 2 N–H and O–H groups in total. The molecule has 0 aliphatic carbocycles. The lowest BCUT2D eigenvalue weighted by Crippen LogP contribution is -2.30. The van der Waals surface area contributed by atoms with E-state index < -0.39 is 5.82 Å². The Morgan fingerprint density at radius 2 is 1.86 bits per heavy atom. The number of nitrogens with one attached hydrogen (secondary N) is 2. The summed E-state index contributed by atoms with van der Waals surface area (Å²) < 4.78 is 14.4. The summed E-state index contributed by atoms with van der Waals surface area (Å²) in [6.07, 6.45) is 0. The molecule has 0 aromatic heterocycles. The summed E-state index contributed by atoms with van der Waals surface area (Å²) in [6, 6.07) is 13.9. The third-order valence-electron chi connectivity index (χ3n) is 3.09. The number of rotatable bonds is 5. The molecule has 110 valence electrons. The van der Waals surface area contributed by atoms with Crippen LogP contribution in [-0.4, -0.2) is 12.5 Å². The summed E-state index contributed by atoms with van der Waals surface area (Å²) in [5.41, 5.74) is 1.26. The molecule has 0 fully saturated rings. The van der Waals surface area contributed by atoms with Crippen LogP contribution in [0.1, 0.15) is 18.5 Å². The molecule has 2 aromatic rings. The smallest absolute Gasteiger partial charge is 0.238 e. The molecule has 0 radical (unpaired) electrons. The van der Waals surface area contributed by atoms with Gasteiger partial charge in [-0.2, -0.15) is 0 Å². The molecule has 0 bridgehead atoms. The van der Waals surface area contributed by atoms with Gasteiger partial charge in [0.25, 0.3) is 0 Å². The van der Waals surface area contributed by atoms with Crippen LogP contribution in [0.25, 0.3) is 0 Å². The van der Waals surface area contributed by atoms with Crippen molar-refractivity contribution in [2.75, 3.05) is 11.9 Å². The molecule has 2 aromatic carbocycles. The molecule has 2 rings (SSSR count). The van der Waals surface area contributed by atoms with Crippen LogP contribution in [0.2, 0.25) is 0 Å². The number of hydrogen-bond acceptors (Lipinski definition) is 2. The standard InChI is InChI=1S/C16H16BrFN2O/c1-11(12-6-2-3-7-13(12)17)19-10-16(21)20-15-9-5-4-8-14(15)18/h2-9,11,19H,10H2,1H3,(H,20,21)/t11-/m0/s1. The molecular weight excluding hydrogens is 335 g/mol. The van der Waals surface area contributed by atoms with E-state index in [9.17, 15) is 9.18 Å². The molecule has 0 spiro atoms. The van der Waals surface area contributed by atoms with Gasteiger partial charge in [-0.25, -0.2) is 4.39 Å². The third-order valence-corrected chi connectivity index (χ3v) is 3.81. The van der Waals surface area contributed by atoms with Gasteiger partial charge in [-0.1, -0.05) is 46.3 Å². The maximum atomic E-state index is 13.4. The average Bonchev–Trinajstić information content (AvgIpc) is 2.48. The Morgan fingerprint density at radius 3 is 2.57 bits per heavy atom. The molecule has 3 nitrogen and oxygen atoms in total. The first kappa shape index (κ1) is 15.7. The number of benzene rings is 2. The summed E-state index contributed by atoms with van der Waals surface area (Å²) in [5, 5.41) is 5.66. The van der Waals surface area contributed by atoms with E-state index in [1.54, 1.807) is 12.1 Å². The van der Waals surface area contributed by atoms with Crippen LogP contribution in [0.3, 0.4) is 0 Å². The second-order valence-corrected chi connectivity index (χ2v) is 5.51. The molecule has 1 atom stereocenters. The van der Waals surface area contributed by atoms with E-state index in [0.29, 0.717) is 0 Å². The molecule has 5 heteroatoms. The fourth-order valence-corrected chi connectivity index (χ4v) is 2.57. The van der Waals surface area contributed by atoms with E-state index in [-0.39, 0.29) is 24.2 Å². The zero-order chi connectivity index (χ0) is 15.2. The van der Waals surface area contributed by atoms with Gasteiger partial charge in [0, 0.05) is 10.5 Å². The molecule has 1 amide bonds. The van der Waals surface area contributed by atoms with Crippen molar-refractivity contribution in [3.05, 3.63) is 64.4 Å². The highest BCUT2D eigenvalue weighted by Crippen LogP contribution is 2.22. The van der Waals surface area contributed by atoms with Gasteiger partial charge in [0.2, 0.25) is 5.91 Å². The van der Waals surface area contributed by atoms with Gasteiger partial charge in [-0.15, -0.1) is 0 Å². The summed E-state index contributed by atoms with van der Waals surface area (Å²) in [6.45, 7) is 2.08. The van der Waals surface area contributed by atoms with E-state index in [2.05, 4.69) is 26.6 Å². The number of halogens is 2. The second kappa shape index (κ2) is 7.33. The molecular formula is C16H16BrFN2O. The van der Waals surface area contributed by atoms with Crippen LogP contribution in [0.15, 0.2) is 53.0 Å². The lowest BCUT2D eigenvalue weighted by molar-refractivity contribution is -0.115. The molecule has 0 aliphatic rings. The quantitative estimate of drug-likeness (QED) is 0.859. The summed E-state index contributed by atoms with van der Waals surface area (Å²) in [7, 11) is 0. The fourth-order valence-electron chi connectivity index (χ4n) is 1.94. The Bertz CT molecular complexity index is 633. The minimum absolute atomic E-state index is 0.00643. The van der Waals surface area contributed by atoms with Crippen LogP contribution < -0.4 is 10.6 Å². The van der Waals surface area contributed by atoms with Gasteiger partial charge in [0.1, 0.15) is 5.82 Å². The van der Waals surface area contributed by atoms with Crippen LogP contribution >= 0.6 is 15.9 Å². The highest BCUT2D eigenvalue weighted by atomic mass is 79.9. The minimum Gasteiger partial charge on any atom is -0.322 e. The van der Waals surface area contributed by atoms with E-state index in [0.717, 1.165) is 10.0 Å². The van der Waals surface area contributed by atoms with E-state index >= 15 is 0 Å². The highest BCUT2D eigenvalue weighted by Gasteiger charge is 2.11. The summed E-state index contributed by atoms with van der Waals surface area (Å²) in [4.78, 5) is 11.8. The van der Waals surface area contributed by atoms with Gasteiger partial charge in [0.05, 0.1) is 12.2 Å². The molecule has 0 saturated carbocycles. The largest absolute Gasteiger partial charge is 0.322 e. The normalized spacial score (nSPS) is 12.0. The van der Waals surface area contributed by atoms with Crippen molar-refractivity contribution in [1.29, 1.82) is 0 Å². The van der Waals surface area contributed by atoms with Crippen molar-refractivity contribution in [1.82, 2.24) is 5.32 Å². The second-order valence-electron chi connectivity index (χ2n) is 4.65. The first-order valence-electron chi connectivity index (χ1n) is 6.60. The van der Waals surface area contributed by atoms with Crippen molar-refractivity contribution in [2.24, 2.45) is 0 Å². The lowest BCUT2D eigenvalue weighted by atomic mass is 10.1. The number of anilines is 1. The third kappa shape index (κ3) is 4.37. The lowest BCUT2D eigenvalue weighted by Gasteiger charge is -2.15. The van der Waals surface area contributed by atoms with Crippen molar-refractivity contribution in [3.8, 4) is 0 Å². The van der Waals surface area contributed by atoms with Crippen molar-refractivity contribution in [2.45, 2.75) is 13.0 Å². The first-order chi connectivity index (χ1) is 10.1. The topological polar surface area (TPSA) is 41.1 Å². The van der Waals surface area contributed by atoms with Crippen LogP contribution in [-0.2, 0) is 4.79 Å². The maximum absolute atomic E-state index is 13.4. The number of carbonyl (C=O) groups excluding carboxylic acids is 1. The number of para-hydroxylation sites is 1. The predicted molar refractivity (Wildman–Crippen MR) is 85.6 cm³/mol. The number of carbonyl (C=O) groups is 1. The fraction of sp³-hybridized carbons (Fsp3) is 0.188. The Balaban J connectivity index is 1.90. The van der Waals surface area contributed by atoms with Crippen molar-refractivity contribution >= 4 is 27.5 Å². The zero-order valence-electron chi connectivity index (χ0n) is 11.6. The van der Waals surface area contributed by atoms with Gasteiger partial charge >= 0.3 is 0 Å². The summed E-state index contributed by atoms with van der Waals surface area (Å²) in [5.74, 6) is -0.719. The van der Waals surface area contributed by atoms with E-state index in [1.807, 2.05) is 31.2 Å². The molecule has 0 saturated heterocycles. The summed E-state index contributed by atoms with van der Waals surface area (Å²) >= 11 is 3.48. The predicted octanol–water partition coefficient (Wildman–Crippen LogP) is 3.88. The van der Waals surface area contributed by atoms with Gasteiger partial charge in [-0.3, -0.25) is 4.79 Å². The van der Waals surface area contributed by atoms with E-state index in [4.69, 9.17) is 0 Å². The minimum atomic E-state index is -0.440. The Kier molecular flexibility index (Phi) is 5.47. The number of amides is 1. The molecule has 21 heavy (non-hydrogen) atoms. The van der Waals surface area contributed by atoms with Crippen molar-refractivity contribution in [3.63, 3.8) is 0 Å². The molecule has 0 unspecified atom stereocenters. The van der Waals surface area contributed by atoms with E-state index in [1.165, 1.54) is 12.1 Å². The average molecular weight is 351 g/mol. The number of hydrogen-bond donors (Lipinski definition) is 2. The van der Waals surface area contributed by atoms with Gasteiger partial charge in [-0.05, 0) is 30.7 Å². The highest BCUT2D eigenvalue weighted by molar-refractivity contribution is 9.10. The van der Waals surface area contributed by atoms with Gasteiger partial charge in [0.15, 0.2) is 0 Å². The maximum Gasteiger partial charge on any atom is 0.238 e. The molecule has 0 aliphatic heterocycles. The first-order valence-corrected chi connectivity index (χ1v) is 7.39.